The van der Waals surface area contributed by atoms with Crippen LogP contribution in [-0.2, 0) is 14.1 Å². The van der Waals surface area contributed by atoms with Crippen molar-refractivity contribution in [2.45, 2.75) is 128 Å². The van der Waals surface area contributed by atoms with Crippen molar-refractivity contribution in [2.24, 2.45) is 25.9 Å². The van der Waals surface area contributed by atoms with Gasteiger partial charge in [0, 0.05) is 64.0 Å². The number of likely N-dealkylation sites (tertiary alicyclic amines) is 1. The molecule has 13 heteroatoms. The second kappa shape index (κ2) is 21.9. The average Bonchev–Trinajstić information content (AvgIpc) is 3.45. The Bertz CT molecular complexity index is 1940. The van der Waals surface area contributed by atoms with Crippen molar-refractivity contribution in [3.63, 3.8) is 0 Å². The van der Waals surface area contributed by atoms with Gasteiger partial charge in [0.25, 0.3) is 0 Å². The predicted molar refractivity (Wildman–Crippen MR) is 245 cm³/mol. The van der Waals surface area contributed by atoms with E-state index < -0.39 is 0 Å². The van der Waals surface area contributed by atoms with Crippen LogP contribution in [0, 0.1) is 11.8 Å². The second-order valence-electron chi connectivity index (χ2n) is 17.9. The number of fused-ring (bicyclic) bond motifs is 2. The molecule has 4 aromatic rings. The highest BCUT2D eigenvalue weighted by atomic mass is 79.9. The standard InChI is InChI=1S/C23H35N5O.C20H29N5O.C3H7Br/c1-17(2)27-14-10-18(11-15-27)16-20(29)22-19-8-9-21(24-23(19)26(3)25-22)28-12-6-4-5-7-13-28;1-24-20-16(6-7-18(22-20)25-12-4-2-3-5-13-25)19(23-24)17(26)14-15-8-10-21-11-9-15;1-3(2)4/h8-9,17-18H,4-7,10-16H2,1-3H3;6-7,15,21H,2-5,8-14H2,1H3;3H,1-2H3. The van der Waals surface area contributed by atoms with Gasteiger partial charge in [-0.15, -0.1) is 0 Å². The minimum absolute atomic E-state index is 0.159. The summed E-state index contributed by atoms with van der Waals surface area (Å²) in [6.07, 6.45) is 15.7. The molecule has 1 N–H and O–H groups in total. The monoisotopic (exact) mass is 874 g/mol. The van der Waals surface area contributed by atoms with E-state index in [1.165, 1.54) is 51.4 Å². The van der Waals surface area contributed by atoms with Gasteiger partial charge >= 0.3 is 0 Å². The summed E-state index contributed by atoms with van der Waals surface area (Å²) in [5, 5.41) is 14.3. The highest BCUT2D eigenvalue weighted by Gasteiger charge is 2.27. The van der Waals surface area contributed by atoms with Gasteiger partial charge in [0.1, 0.15) is 23.0 Å². The number of hydrogen-bond acceptors (Lipinski definition) is 10. The third kappa shape index (κ3) is 12.3. The molecule has 0 saturated carbocycles. The molecule has 0 radical (unpaired) electrons. The number of hydrogen-bond donors (Lipinski definition) is 1. The highest BCUT2D eigenvalue weighted by Crippen LogP contribution is 2.29. The van der Waals surface area contributed by atoms with Crippen LogP contribution in [0.4, 0.5) is 11.6 Å². The predicted octanol–water partition coefficient (Wildman–Crippen LogP) is 8.75. The molecule has 0 amide bonds. The summed E-state index contributed by atoms with van der Waals surface area (Å²) in [6, 6.07) is 8.84. The van der Waals surface area contributed by atoms with Crippen molar-refractivity contribution in [1.82, 2.24) is 39.7 Å². The normalized spacial score (nSPS) is 19.0. The van der Waals surface area contributed by atoms with E-state index in [1.54, 1.807) is 9.36 Å². The fraction of sp³-hybridized carbons (Fsp3) is 0.696. The molecule has 4 aliphatic heterocycles. The Labute approximate surface area is 361 Å². The van der Waals surface area contributed by atoms with E-state index in [2.05, 4.69) is 92.0 Å². The number of carbonyl (C=O) groups excluding carboxylic acids is 2. The lowest BCUT2D eigenvalue weighted by atomic mass is 9.90. The number of halogens is 1. The third-order valence-corrected chi connectivity index (χ3v) is 12.5. The fourth-order valence-corrected chi connectivity index (χ4v) is 9.08. The van der Waals surface area contributed by atoms with E-state index >= 15 is 0 Å². The molecule has 0 aliphatic carbocycles. The summed E-state index contributed by atoms with van der Waals surface area (Å²) in [5.74, 6) is 3.31. The van der Waals surface area contributed by atoms with Crippen LogP contribution in [0.15, 0.2) is 24.3 Å². The van der Waals surface area contributed by atoms with Crippen LogP contribution in [0.1, 0.15) is 139 Å². The highest BCUT2D eigenvalue weighted by molar-refractivity contribution is 9.09. The third-order valence-electron chi connectivity index (χ3n) is 12.5. The number of rotatable bonds is 9. The molecule has 4 aliphatic rings. The Hall–Kier alpha value is -3.42. The maximum Gasteiger partial charge on any atom is 0.184 e. The zero-order chi connectivity index (χ0) is 41.9. The SMILES string of the molecule is CC(C)Br.CC(C)N1CCC(CC(=O)c2nn(C)c3nc(N4CCCCCC4)ccc23)CC1.Cn1nc(C(=O)CC2CCNCC2)c2ccc(N3CCCCCC3)nc21. The van der Waals surface area contributed by atoms with Crippen LogP contribution in [0.2, 0.25) is 0 Å². The van der Waals surface area contributed by atoms with E-state index in [-0.39, 0.29) is 11.6 Å². The number of alkyl halides is 1. The first-order chi connectivity index (χ1) is 28.5. The fourth-order valence-electron chi connectivity index (χ4n) is 9.08. The lowest BCUT2D eigenvalue weighted by Gasteiger charge is -2.34. The molecule has 4 aromatic heterocycles. The molecule has 0 unspecified atom stereocenters. The van der Waals surface area contributed by atoms with Gasteiger partial charge in [-0.1, -0.05) is 55.5 Å². The molecule has 12 nitrogen and oxygen atoms in total. The summed E-state index contributed by atoms with van der Waals surface area (Å²) in [7, 11) is 3.79. The van der Waals surface area contributed by atoms with Crippen molar-refractivity contribution < 1.29 is 9.59 Å². The van der Waals surface area contributed by atoms with Crippen molar-refractivity contribution in [1.29, 1.82) is 0 Å². The van der Waals surface area contributed by atoms with Gasteiger partial charge < -0.3 is 20.0 Å². The molecule has 0 atom stereocenters. The zero-order valence-corrected chi connectivity index (χ0v) is 38.5. The molecule has 324 valence electrons. The summed E-state index contributed by atoms with van der Waals surface area (Å²) in [5.41, 5.74) is 2.84. The van der Waals surface area contributed by atoms with Crippen molar-refractivity contribution >= 4 is 61.2 Å². The molecular weight excluding hydrogens is 804 g/mol. The van der Waals surface area contributed by atoms with E-state index in [4.69, 9.17) is 9.97 Å². The Morgan fingerprint density at radius 3 is 1.41 bits per heavy atom. The molecule has 4 fully saturated rings. The molecule has 0 bridgehead atoms. The van der Waals surface area contributed by atoms with Gasteiger partial charge in [0.15, 0.2) is 22.9 Å². The minimum atomic E-state index is 0.159. The van der Waals surface area contributed by atoms with Crippen LogP contribution < -0.4 is 15.1 Å². The maximum absolute atomic E-state index is 13.1. The maximum atomic E-state index is 13.1. The lowest BCUT2D eigenvalue weighted by Crippen LogP contribution is -2.38. The minimum Gasteiger partial charge on any atom is -0.357 e. The van der Waals surface area contributed by atoms with Gasteiger partial charge in [0.2, 0.25) is 0 Å². The number of carbonyl (C=O) groups is 2. The quantitative estimate of drug-likeness (QED) is 0.129. The molecule has 0 aromatic carbocycles. The summed E-state index contributed by atoms with van der Waals surface area (Å²) < 4.78 is 3.55. The number of ketones is 2. The number of nitrogens with zero attached hydrogens (tertiary/aromatic N) is 9. The van der Waals surface area contributed by atoms with Crippen LogP contribution in [-0.4, -0.2) is 109 Å². The van der Waals surface area contributed by atoms with Crippen LogP contribution in [0.25, 0.3) is 22.1 Å². The molecule has 4 saturated heterocycles. The first-order valence-electron chi connectivity index (χ1n) is 22.8. The molecule has 59 heavy (non-hydrogen) atoms. The van der Waals surface area contributed by atoms with Gasteiger partial charge in [-0.2, -0.15) is 10.2 Å². The number of nitrogens with one attached hydrogen (secondary N) is 1. The van der Waals surface area contributed by atoms with E-state index in [1.807, 2.05) is 20.2 Å². The Morgan fingerprint density at radius 2 is 1.02 bits per heavy atom. The van der Waals surface area contributed by atoms with Crippen LogP contribution >= 0.6 is 15.9 Å². The number of aromatic nitrogens is 6. The lowest BCUT2D eigenvalue weighted by molar-refractivity contribution is 0.0906. The van der Waals surface area contributed by atoms with Crippen molar-refractivity contribution in [3.05, 3.63) is 35.7 Å². The van der Waals surface area contributed by atoms with Gasteiger partial charge in [0.05, 0.1) is 10.8 Å². The van der Waals surface area contributed by atoms with Crippen molar-refractivity contribution in [3.8, 4) is 0 Å². The van der Waals surface area contributed by atoms with Crippen LogP contribution in [0.3, 0.4) is 0 Å². The molecule has 8 heterocycles. The summed E-state index contributed by atoms with van der Waals surface area (Å²) >= 11 is 3.27. The van der Waals surface area contributed by atoms with E-state index in [0.717, 1.165) is 112 Å². The smallest absolute Gasteiger partial charge is 0.184 e. The van der Waals surface area contributed by atoms with Gasteiger partial charge in [-0.05, 0) is 127 Å². The van der Waals surface area contributed by atoms with Gasteiger partial charge in [-0.3, -0.25) is 9.59 Å². The first-order valence-corrected chi connectivity index (χ1v) is 23.7. The number of pyridine rings is 2. The molecular formula is C46H71BrN10O2. The van der Waals surface area contributed by atoms with E-state index in [9.17, 15) is 9.59 Å². The number of Topliss-reactive ketones (excluding diaryl/α,β-unsaturated/α-hetero) is 2. The summed E-state index contributed by atoms with van der Waals surface area (Å²) in [6.45, 7) is 17.2. The number of anilines is 2. The van der Waals surface area contributed by atoms with E-state index in [0.29, 0.717) is 46.9 Å². The molecule has 8 rings (SSSR count). The average molecular weight is 876 g/mol. The largest absolute Gasteiger partial charge is 0.357 e. The van der Waals surface area contributed by atoms with Crippen LogP contribution in [0.5, 0.6) is 0 Å². The molecule has 0 spiro atoms. The Kier molecular flexibility index (Phi) is 16.7. The Balaban J connectivity index is 0.000000183. The summed E-state index contributed by atoms with van der Waals surface area (Å²) in [4.78, 5) is 43.5. The van der Waals surface area contributed by atoms with Gasteiger partial charge in [-0.25, -0.2) is 19.3 Å². The second-order valence-corrected chi connectivity index (χ2v) is 19.7. The zero-order valence-electron chi connectivity index (χ0n) is 36.9. The Morgan fingerprint density at radius 1 is 0.627 bits per heavy atom. The first kappa shape index (κ1) is 45.1. The topological polar surface area (TPSA) is 117 Å². The number of aryl methyl sites for hydroxylation is 2. The number of piperidine rings is 2. The van der Waals surface area contributed by atoms with Crippen molar-refractivity contribution in [2.75, 3.05) is 62.2 Å².